The molecular formula is C18H19ClN2O2S. The van der Waals surface area contributed by atoms with Gasteiger partial charge in [-0.25, -0.2) is 0 Å². The van der Waals surface area contributed by atoms with Crippen LogP contribution in [-0.4, -0.2) is 23.3 Å². The molecule has 0 aliphatic heterocycles. The Balaban J connectivity index is 1.98. The Kier molecular flexibility index (Phi) is 6.58. The summed E-state index contributed by atoms with van der Waals surface area (Å²) in [5.74, 6) is -0.159. The number of amides is 2. The van der Waals surface area contributed by atoms with Gasteiger partial charge in [-0.3, -0.25) is 9.59 Å². The molecule has 0 radical (unpaired) electrons. The molecule has 0 atom stereocenters. The van der Waals surface area contributed by atoms with Crippen LogP contribution in [0.1, 0.15) is 24.3 Å². The van der Waals surface area contributed by atoms with Crippen molar-refractivity contribution in [1.29, 1.82) is 0 Å². The topological polar surface area (TPSA) is 49.4 Å². The molecule has 0 saturated carbocycles. The third-order valence-electron chi connectivity index (χ3n) is 3.32. The molecule has 126 valence electrons. The van der Waals surface area contributed by atoms with Gasteiger partial charge in [-0.15, -0.1) is 11.3 Å². The van der Waals surface area contributed by atoms with Crippen LogP contribution in [0.4, 0.5) is 5.69 Å². The van der Waals surface area contributed by atoms with Gasteiger partial charge in [-0.1, -0.05) is 23.7 Å². The lowest BCUT2D eigenvalue weighted by Gasteiger charge is -2.18. The molecule has 24 heavy (non-hydrogen) atoms. The maximum Gasteiger partial charge on any atom is 0.246 e. The second-order valence-electron chi connectivity index (χ2n) is 5.19. The van der Waals surface area contributed by atoms with Crippen LogP contribution in [0.15, 0.2) is 42.5 Å². The van der Waals surface area contributed by atoms with Gasteiger partial charge in [0.2, 0.25) is 11.8 Å². The highest BCUT2D eigenvalue weighted by molar-refractivity contribution is 7.16. The molecule has 2 rings (SSSR count). The fourth-order valence-electron chi connectivity index (χ4n) is 2.12. The quantitative estimate of drug-likeness (QED) is 0.773. The number of rotatable bonds is 6. The molecule has 4 nitrogen and oxygen atoms in total. The van der Waals surface area contributed by atoms with Gasteiger partial charge in [0.05, 0.1) is 10.9 Å². The zero-order valence-corrected chi connectivity index (χ0v) is 15.2. The van der Waals surface area contributed by atoms with Crippen molar-refractivity contribution in [3.63, 3.8) is 0 Å². The molecule has 1 N–H and O–H groups in total. The Morgan fingerprint density at radius 1 is 1.21 bits per heavy atom. The normalized spacial score (nSPS) is 10.8. The molecular weight excluding hydrogens is 344 g/mol. The number of halogens is 1. The minimum absolute atomic E-state index is 0.0482. The second kappa shape index (κ2) is 8.66. The predicted octanol–water partition coefficient (Wildman–Crippen LogP) is 4.42. The molecule has 0 aliphatic carbocycles. The van der Waals surface area contributed by atoms with E-state index < -0.39 is 0 Å². The summed E-state index contributed by atoms with van der Waals surface area (Å²) in [6.45, 7) is 4.59. The van der Waals surface area contributed by atoms with E-state index >= 15 is 0 Å². The third kappa shape index (κ3) is 5.51. The van der Waals surface area contributed by atoms with Gasteiger partial charge in [0.1, 0.15) is 0 Å². The van der Waals surface area contributed by atoms with Gasteiger partial charge in [0.25, 0.3) is 0 Å². The lowest BCUT2D eigenvalue weighted by molar-refractivity contribution is -0.126. The fraction of sp³-hybridized carbons (Fsp3) is 0.222. The van der Waals surface area contributed by atoms with E-state index in [9.17, 15) is 9.59 Å². The Hall–Kier alpha value is -2.11. The first kappa shape index (κ1) is 18.2. The summed E-state index contributed by atoms with van der Waals surface area (Å²) in [4.78, 5) is 26.1. The van der Waals surface area contributed by atoms with E-state index in [2.05, 4.69) is 5.32 Å². The summed E-state index contributed by atoms with van der Waals surface area (Å²) in [7, 11) is 0. The van der Waals surface area contributed by atoms with E-state index in [-0.39, 0.29) is 11.8 Å². The molecule has 2 aromatic rings. The average Bonchev–Trinajstić information content (AvgIpc) is 2.96. The molecule has 1 aromatic carbocycles. The van der Waals surface area contributed by atoms with Crippen LogP contribution in [-0.2, 0) is 16.1 Å². The number of hydrogen-bond donors (Lipinski definition) is 1. The summed E-state index contributed by atoms with van der Waals surface area (Å²) >= 11 is 7.41. The number of carbonyl (C=O) groups excluding carboxylic acids is 2. The van der Waals surface area contributed by atoms with Crippen LogP contribution >= 0.6 is 22.9 Å². The first-order chi connectivity index (χ1) is 11.5. The van der Waals surface area contributed by atoms with Gasteiger partial charge in [0, 0.05) is 30.1 Å². The van der Waals surface area contributed by atoms with Crippen molar-refractivity contribution >= 4 is 46.5 Å². The minimum atomic E-state index is -0.110. The molecule has 1 heterocycles. The SMILES string of the molecule is CCN(Cc1ccc(Cl)s1)C(=O)/C=C/c1ccc(NC(C)=O)cc1. The number of hydrogen-bond acceptors (Lipinski definition) is 3. The molecule has 0 bridgehead atoms. The largest absolute Gasteiger partial charge is 0.334 e. The van der Waals surface area contributed by atoms with Gasteiger partial charge >= 0.3 is 0 Å². The van der Waals surface area contributed by atoms with Crippen molar-refractivity contribution in [2.75, 3.05) is 11.9 Å². The molecule has 1 aromatic heterocycles. The highest BCUT2D eigenvalue weighted by Gasteiger charge is 2.10. The summed E-state index contributed by atoms with van der Waals surface area (Å²) in [5.41, 5.74) is 1.63. The molecule has 2 amide bonds. The number of benzene rings is 1. The summed E-state index contributed by atoms with van der Waals surface area (Å²) in [6, 6.07) is 11.1. The van der Waals surface area contributed by atoms with E-state index in [4.69, 9.17) is 11.6 Å². The fourth-order valence-corrected chi connectivity index (χ4v) is 3.23. The van der Waals surface area contributed by atoms with E-state index in [1.165, 1.54) is 18.3 Å². The van der Waals surface area contributed by atoms with Crippen LogP contribution in [0.3, 0.4) is 0 Å². The minimum Gasteiger partial charge on any atom is -0.334 e. The van der Waals surface area contributed by atoms with Crippen LogP contribution in [0.5, 0.6) is 0 Å². The Bertz CT molecular complexity index is 738. The van der Waals surface area contributed by atoms with Crippen molar-refractivity contribution in [1.82, 2.24) is 4.90 Å². The average molecular weight is 363 g/mol. The van der Waals surface area contributed by atoms with Gasteiger partial charge in [-0.2, -0.15) is 0 Å². The maximum atomic E-state index is 12.3. The van der Waals surface area contributed by atoms with Crippen LogP contribution in [0.25, 0.3) is 6.08 Å². The number of carbonyl (C=O) groups is 2. The van der Waals surface area contributed by atoms with E-state index in [1.54, 1.807) is 29.2 Å². The first-order valence-electron chi connectivity index (χ1n) is 7.56. The highest BCUT2D eigenvalue weighted by Crippen LogP contribution is 2.22. The molecule has 0 aliphatic rings. The maximum absolute atomic E-state index is 12.3. The van der Waals surface area contributed by atoms with Gasteiger partial charge in [-0.05, 0) is 42.8 Å². The van der Waals surface area contributed by atoms with Crippen molar-refractivity contribution in [2.24, 2.45) is 0 Å². The van der Waals surface area contributed by atoms with Crippen molar-refractivity contribution < 1.29 is 9.59 Å². The van der Waals surface area contributed by atoms with Crippen LogP contribution in [0.2, 0.25) is 4.34 Å². The smallest absolute Gasteiger partial charge is 0.246 e. The Labute approximate surface area is 150 Å². The number of nitrogens with one attached hydrogen (secondary N) is 1. The first-order valence-corrected chi connectivity index (χ1v) is 8.76. The lowest BCUT2D eigenvalue weighted by atomic mass is 10.2. The second-order valence-corrected chi connectivity index (χ2v) is 6.99. The van der Waals surface area contributed by atoms with Gasteiger partial charge in [0.15, 0.2) is 0 Å². The van der Waals surface area contributed by atoms with Crippen molar-refractivity contribution in [3.8, 4) is 0 Å². The van der Waals surface area contributed by atoms with Crippen molar-refractivity contribution in [3.05, 3.63) is 57.3 Å². The predicted molar refractivity (Wildman–Crippen MR) is 100 cm³/mol. The molecule has 0 saturated heterocycles. The van der Waals surface area contributed by atoms with Crippen molar-refractivity contribution in [2.45, 2.75) is 20.4 Å². The Morgan fingerprint density at radius 2 is 1.92 bits per heavy atom. The van der Waals surface area contributed by atoms with E-state index in [0.717, 1.165) is 20.5 Å². The highest BCUT2D eigenvalue weighted by atomic mass is 35.5. The Morgan fingerprint density at radius 3 is 2.46 bits per heavy atom. The van der Waals surface area contributed by atoms with Crippen LogP contribution < -0.4 is 5.32 Å². The molecule has 0 unspecified atom stereocenters. The number of anilines is 1. The number of thiophene rings is 1. The molecule has 6 heteroatoms. The lowest BCUT2D eigenvalue weighted by Crippen LogP contribution is -2.28. The monoisotopic (exact) mass is 362 g/mol. The zero-order chi connectivity index (χ0) is 17.5. The van der Waals surface area contributed by atoms with Gasteiger partial charge < -0.3 is 10.2 Å². The van der Waals surface area contributed by atoms with E-state index in [0.29, 0.717) is 13.1 Å². The summed E-state index contributed by atoms with van der Waals surface area (Å²) < 4.78 is 0.725. The summed E-state index contributed by atoms with van der Waals surface area (Å²) in [6.07, 6.45) is 3.33. The number of likely N-dealkylation sites (N-methyl/N-ethyl adjacent to an activating group) is 1. The third-order valence-corrected chi connectivity index (χ3v) is 4.53. The standard InChI is InChI=1S/C18H19ClN2O2S/c1-3-21(12-16-9-10-17(19)24-16)18(23)11-6-14-4-7-15(8-5-14)20-13(2)22/h4-11H,3,12H2,1-2H3,(H,20,22)/b11-6+. The zero-order valence-electron chi connectivity index (χ0n) is 13.6. The van der Waals surface area contributed by atoms with Crippen LogP contribution in [0, 0.1) is 0 Å². The number of nitrogens with zero attached hydrogens (tertiary/aromatic N) is 1. The molecule has 0 fully saturated rings. The summed E-state index contributed by atoms with van der Waals surface area (Å²) in [5, 5.41) is 2.71. The molecule has 0 spiro atoms. The van der Waals surface area contributed by atoms with E-state index in [1.807, 2.05) is 31.2 Å².